The molecule has 0 atom stereocenters. The Morgan fingerprint density at radius 1 is 1.16 bits per heavy atom. The van der Waals surface area contributed by atoms with Gasteiger partial charge in [0, 0.05) is 25.8 Å². The van der Waals surface area contributed by atoms with Gasteiger partial charge in [-0.2, -0.15) is 0 Å². The Labute approximate surface area is 113 Å². The Morgan fingerprint density at radius 2 is 1.95 bits per heavy atom. The van der Waals surface area contributed by atoms with Gasteiger partial charge in [0.05, 0.1) is 26.2 Å². The minimum Gasteiger partial charge on any atom is -0.465 e. The van der Waals surface area contributed by atoms with Crippen LogP contribution in [0.25, 0.3) is 0 Å². The van der Waals surface area contributed by atoms with Crippen molar-refractivity contribution in [2.45, 2.75) is 12.8 Å². The number of hydrogen-bond donors (Lipinski definition) is 1. The van der Waals surface area contributed by atoms with Crippen LogP contribution in [0, 0.1) is 0 Å². The summed E-state index contributed by atoms with van der Waals surface area (Å²) >= 11 is 0. The lowest BCUT2D eigenvalue weighted by Gasteiger charge is -2.07. The number of benzene rings is 1. The summed E-state index contributed by atoms with van der Waals surface area (Å²) in [5, 5.41) is 0. The summed E-state index contributed by atoms with van der Waals surface area (Å²) < 4.78 is 15.2. The van der Waals surface area contributed by atoms with Gasteiger partial charge in [0.1, 0.15) is 0 Å². The van der Waals surface area contributed by atoms with Gasteiger partial charge in [-0.1, -0.05) is 18.2 Å². The summed E-state index contributed by atoms with van der Waals surface area (Å²) in [6, 6.07) is 7.28. The number of esters is 1. The molecular weight excluding hydrogens is 246 g/mol. The summed E-state index contributed by atoms with van der Waals surface area (Å²) in [6.07, 6.45) is 0.886. The van der Waals surface area contributed by atoms with E-state index in [1.54, 1.807) is 13.2 Å². The Kier molecular flexibility index (Phi) is 7.62. The number of methoxy groups -OCH3 is 1. The van der Waals surface area contributed by atoms with Crippen molar-refractivity contribution in [2.24, 2.45) is 0 Å². The molecule has 106 valence electrons. The third-order valence-electron chi connectivity index (χ3n) is 2.52. The molecule has 19 heavy (non-hydrogen) atoms. The van der Waals surface area contributed by atoms with Crippen LogP contribution in [0.5, 0.6) is 0 Å². The maximum atomic E-state index is 11.6. The van der Waals surface area contributed by atoms with Gasteiger partial charge in [-0.15, -0.1) is 0 Å². The van der Waals surface area contributed by atoms with Crippen LogP contribution in [-0.2, 0) is 25.4 Å². The smallest absolute Gasteiger partial charge is 0.310 e. The SMILES string of the molecule is COCCOCCCOC(=O)Cc1ccccc1N. The third kappa shape index (κ3) is 6.79. The van der Waals surface area contributed by atoms with E-state index in [2.05, 4.69) is 0 Å². The van der Waals surface area contributed by atoms with E-state index in [0.29, 0.717) is 38.5 Å². The van der Waals surface area contributed by atoms with Crippen LogP contribution in [0.4, 0.5) is 5.69 Å². The van der Waals surface area contributed by atoms with Crippen LogP contribution < -0.4 is 5.73 Å². The molecular formula is C14H21NO4. The number of hydrogen-bond acceptors (Lipinski definition) is 5. The highest BCUT2D eigenvalue weighted by atomic mass is 16.5. The van der Waals surface area contributed by atoms with Crippen molar-refractivity contribution >= 4 is 11.7 Å². The van der Waals surface area contributed by atoms with Crippen molar-refractivity contribution < 1.29 is 19.0 Å². The summed E-state index contributed by atoms with van der Waals surface area (Å²) in [7, 11) is 1.63. The van der Waals surface area contributed by atoms with Gasteiger partial charge >= 0.3 is 5.97 Å². The average Bonchev–Trinajstić information content (AvgIpc) is 2.40. The van der Waals surface area contributed by atoms with Gasteiger partial charge in [-0.05, 0) is 11.6 Å². The van der Waals surface area contributed by atoms with Crippen molar-refractivity contribution in [1.29, 1.82) is 0 Å². The Bertz CT molecular complexity index is 381. The molecule has 1 aromatic carbocycles. The molecule has 0 unspecified atom stereocenters. The van der Waals surface area contributed by atoms with E-state index in [-0.39, 0.29) is 12.4 Å². The third-order valence-corrected chi connectivity index (χ3v) is 2.52. The molecule has 0 saturated carbocycles. The number of para-hydroxylation sites is 1. The number of carbonyl (C=O) groups excluding carboxylic acids is 1. The Balaban J connectivity index is 2.10. The molecule has 0 amide bonds. The highest BCUT2D eigenvalue weighted by Crippen LogP contribution is 2.11. The monoisotopic (exact) mass is 267 g/mol. The molecule has 5 heteroatoms. The standard InChI is InChI=1S/C14H21NO4/c1-17-9-10-18-7-4-8-19-14(16)11-12-5-2-3-6-13(12)15/h2-3,5-6H,4,7-11,15H2,1H3. The van der Waals surface area contributed by atoms with E-state index in [1.165, 1.54) is 0 Å². The second kappa shape index (κ2) is 9.35. The molecule has 0 aliphatic carbocycles. The first-order valence-corrected chi connectivity index (χ1v) is 6.29. The molecule has 0 bridgehead atoms. The van der Waals surface area contributed by atoms with E-state index in [1.807, 2.05) is 18.2 Å². The van der Waals surface area contributed by atoms with Crippen molar-refractivity contribution in [3.63, 3.8) is 0 Å². The summed E-state index contributed by atoms with van der Waals surface area (Å²) in [5.74, 6) is -0.269. The highest BCUT2D eigenvalue weighted by Gasteiger charge is 2.06. The molecule has 1 rings (SSSR count). The summed E-state index contributed by atoms with van der Waals surface area (Å²) in [6.45, 7) is 2.06. The molecule has 0 fully saturated rings. The first-order valence-electron chi connectivity index (χ1n) is 6.29. The summed E-state index contributed by atoms with van der Waals surface area (Å²) in [5.41, 5.74) is 7.16. The molecule has 1 aromatic rings. The van der Waals surface area contributed by atoms with Crippen LogP contribution in [0.1, 0.15) is 12.0 Å². The van der Waals surface area contributed by atoms with Crippen LogP contribution in [-0.4, -0.2) is 39.5 Å². The zero-order valence-electron chi connectivity index (χ0n) is 11.3. The van der Waals surface area contributed by atoms with Gasteiger partial charge in [0.25, 0.3) is 0 Å². The fourth-order valence-corrected chi connectivity index (χ4v) is 1.49. The van der Waals surface area contributed by atoms with E-state index in [4.69, 9.17) is 19.9 Å². The normalized spacial score (nSPS) is 10.4. The van der Waals surface area contributed by atoms with E-state index >= 15 is 0 Å². The van der Waals surface area contributed by atoms with Crippen LogP contribution in [0.2, 0.25) is 0 Å². The van der Waals surface area contributed by atoms with E-state index < -0.39 is 0 Å². The largest absolute Gasteiger partial charge is 0.465 e. The van der Waals surface area contributed by atoms with Crippen molar-refractivity contribution in [1.82, 2.24) is 0 Å². The predicted octanol–water partition coefficient (Wildman–Crippen LogP) is 1.41. The number of carbonyl (C=O) groups is 1. The molecule has 0 radical (unpaired) electrons. The molecule has 0 saturated heterocycles. The lowest BCUT2D eigenvalue weighted by Crippen LogP contribution is -2.12. The van der Waals surface area contributed by atoms with Crippen LogP contribution >= 0.6 is 0 Å². The number of rotatable bonds is 9. The van der Waals surface area contributed by atoms with Crippen LogP contribution in [0.15, 0.2) is 24.3 Å². The van der Waals surface area contributed by atoms with E-state index in [9.17, 15) is 4.79 Å². The summed E-state index contributed by atoms with van der Waals surface area (Å²) in [4.78, 5) is 11.6. The van der Waals surface area contributed by atoms with Gasteiger partial charge in [-0.3, -0.25) is 4.79 Å². The van der Waals surface area contributed by atoms with Gasteiger partial charge in [0.15, 0.2) is 0 Å². The maximum Gasteiger partial charge on any atom is 0.310 e. The number of ether oxygens (including phenoxy) is 3. The molecule has 0 heterocycles. The van der Waals surface area contributed by atoms with Crippen molar-refractivity contribution in [2.75, 3.05) is 39.3 Å². The highest BCUT2D eigenvalue weighted by molar-refractivity contribution is 5.74. The van der Waals surface area contributed by atoms with Gasteiger partial charge in [-0.25, -0.2) is 0 Å². The Morgan fingerprint density at radius 3 is 2.68 bits per heavy atom. The quantitative estimate of drug-likeness (QED) is 0.416. The fraction of sp³-hybridized carbons (Fsp3) is 0.500. The lowest BCUT2D eigenvalue weighted by atomic mass is 10.1. The van der Waals surface area contributed by atoms with Gasteiger partial charge in [0.2, 0.25) is 0 Å². The van der Waals surface area contributed by atoms with Crippen molar-refractivity contribution in [3.8, 4) is 0 Å². The molecule has 0 aromatic heterocycles. The van der Waals surface area contributed by atoms with Crippen molar-refractivity contribution in [3.05, 3.63) is 29.8 Å². The topological polar surface area (TPSA) is 70.8 Å². The zero-order valence-corrected chi connectivity index (χ0v) is 11.3. The lowest BCUT2D eigenvalue weighted by molar-refractivity contribution is -0.143. The Hall–Kier alpha value is -1.59. The molecule has 5 nitrogen and oxygen atoms in total. The first kappa shape index (κ1) is 15.5. The molecule has 0 aliphatic rings. The molecule has 2 N–H and O–H groups in total. The van der Waals surface area contributed by atoms with Gasteiger partial charge < -0.3 is 19.9 Å². The second-order valence-corrected chi connectivity index (χ2v) is 4.05. The zero-order chi connectivity index (χ0) is 13.9. The number of nitrogens with two attached hydrogens (primary N) is 1. The van der Waals surface area contributed by atoms with Crippen LogP contribution in [0.3, 0.4) is 0 Å². The fourth-order valence-electron chi connectivity index (χ4n) is 1.49. The van der Waals surface area contributed by atoms with E-state index in [0.717, 1.165) is 5.56 Å². The second-order valence-electron chi connectivity index (χ2n) is 4.05. The average molecular weight is 267 g/mol. The maximum absolute atomic E-state index is 11.6. The minimum atomic E-state index is -0.269. The number of nitrogen functional groups attached to an aromatic ring is 1. The molecule has 0 aliphatic heterocycles. The first-order chi connectivity index (χ1) is 9.24. The molecule has 0 spiro atoms. The minimum absolute atomic E-state index is 0.206. The predicted molar refractivity (Wildman–Crippen MR) is 72.8 cm³/mol. The number of anilines is 1.